The lowest BCUT2D eigenvalue weighted by molar-refractivity contribution is -0.123. The van der Waals surface area contributed by atoms with Gasteiger partial charge in [-0.15, -0.1) is 0 Å². The molecular weight excluding hydrogens is 306 g/mol. The number of aryl methyl sites for hydroxylation is 2. The van der Waals surface area contributed by atoms with Crippen molar-refractivity contribution < 1.29 is 19.4 Å². The molecule has 2 N–H and O–H groups in total. The smallest absolute Gasteiger partial charge is 0.335 e. The number of aromatic carboxylic acids is 1. The average molecular weight is 327 g/mol. The van der Waals surface area contributed by atoms with E-state index in [0.29, 0.717) is 5.75 Å². The van der Waals surface area contributed by atoms with Gasteiger partial charge in [-0.1, -0.05) is 18.2 Å². The first-order chi connectivity index (χ1) is 11.4. The lowest BCUT2D eigenvalue weighted by Gasteiger charge is -2.12. The molecule has 5 heteroatoms. The SMILES string of the molecule is Cc1cc(C)c(C)c(OCC(=O)NCc2cccc(C(=O)O)c2)c1. The van der Waals surface area contributed by atoms with Crippen molar-refractivity contribution in [2.45, 2.75) is 27.3 Å². The molecule has 0 aliphatic heterocycles. The third kappa shape index (κ3) is 4.59. The van der Waals surface area contributed by atoms with Crippen molar-refractivity contribution in [3.05, 3.63) is 64.2 Å². The first kappa shape index (κ1) is 17.5. The Morgan fingerprint density at radius 1 is 1.12 bits per heavy atom. The number of ether oxygens (including phenoxy) is 1. The summed E-state index contributed by atoms with van der Waals surface area (Å²) in [6, 6.07) is 10.4. The van der Waals surface area contributed by atoms with E-state index in [0.717, 1.165) is 22.3 Å². The van der Waals surface area contributed by atoms with Gasteiger partial charge in [0.2, 0.25) is 0 Å². The Kier molecular flexibility index (Phi) is 5.58. The second-order valence-electron chi connectivity index (χ2n) is 5.78. The van der Waals surface area contributed by atoms with Crippen LogP contribution in [0.15, 0.2) is 36.4 Å². The van der Waals surface area contributed by atoms with Gasteiger partial charge in [0, 0.05) is 6.54 Å². The number of carbonyl (C=O) groups excluding carboxylic acids is 1. The third-order valence-electron chi connectivity index (χ3n) is 3.79. The van der Waals surface area contributed by atoms with Crippen molar-refractivity contribution in [2.24, 2.45) is 0 Å². The summed E-state index contributed by atoms with van der Waals surface area (Å²) in [5.41, 5.74) is 4.15. The minimum absolute atomic E-state index is 0.0810. The van der Waals surface area contributed by atoms with E-state index in [-0.39, 0.29) is 24.6 Å². The Morgan fingerprint density at radius 2 is 1.88 bits per heavy atom. The second-order valence-corrected chi connectivity index (χ2v) is 5.78. The Hall–Kier alpha value is -2.82. The van der Waals surface area contributed by atoms with Gasteiger partial charge in [0.05, 0.1) is 5.56 Å². The predicted molar refractivity (Wildman–Crippen MR) is 91.4 cm³/mol. The number of carboxylic acid groups (broad SMARTS) is 1. The van der Waals surface area contributed by atoms with Crippen molar-refractivity contribution in [1.82, 2.24) is 5.32 Å². The highest BCUT2D eigenvalue weighted by atomic mass is 16.5. The molecule has 0 radical (unpaired) electrons. The Bertz CT molecular complexity index is 768. The molecule has 0 aliphatic carbocycles. The highest BCUT2D eigenvalue weighted by molar-refractivity contribution is 5.87. The molecule has 2 rings (SSSR count). The van der Waals surface area contributed by atoms with Crippen LogP contribution >= 0.6 is 0 Å². The molecule has 0 saturated carbocycles. The molecule has 0 bridgehead atoms. The van der Waals surface area contributed by atoms with E-state index >= 15 is 0 Å². The summed E-state index contributed by atoms with van der Waals surface area (Å²) >= 11 is 0. The summed E-state index contributed by atoms with van der Waals surface area (Å²) in [5, 5.41) is 11.7. The standard InChI is InChI=1S/C19H21NO4/c1-12-7-13(2)14(3)17(8-12)24-11-18(21)20-10-15-5-4-6-16(9-15)19(22)23/h4-9H,10-11H2,1-3H3,(H,20,21)(H,22,23). The highest BCUT2D eigenvalue weighted by Crippen LogP contribution is 2.23. The zero-order chi connectivity index (χ0) is 17.7. The minimum atomic E-state index is -0.989. The Labute approximate surface area is 141 Å². The molecular formula is C19H21NO4. The molecule has 0 aromatic heterocycles. The molecule has 0 unspecified atom stereocenters. The number of benzene rings is 2. The normalized spacial score (nSPS) is 10.3. The van der Waals surface area contributed by atoms with Crippen molar-refractivity contribution in [1.29, 1.82) is 0 Å². The van der Waals surface area contributed by atoms with Crippen LogP contribution in [0.4, 0.5) is 0 Å². The predicted octanol–water partition coefficient (Wildman–Crippen LogP) is 3.01. The van der Waals surface area contributed by atoms with Gasteiger partial charge in [-0.25, -0.2) is 4.79 Å². The van der Waals surface area contributed by atoms with E-state index in [4.69, 9.17) is 9.84 Å². The fraction of sp³-hybridized carbons (Fsp3) is 0.263. The van der Waals surface area contributed by atoms with Crippen molar-refractivity contribution in [2.75, 3.05) is 6.61 Å². The van der Waals surface area contributed by atoms with Crippen molar-refractivity contribution in [3.63, 3.8) is 0 Å². The zero-order valence-corrected chi connectivity index (χ0v) is 14.1. The van der Waals surface area contributed by atoms with Crippen LogP contribution in [-0.4, -0.2) is 23.6 Å². The van der Waals surface area contributed by atoms with Gasteiger partial charge in [0.25, 0.3) is 5.91 Å². The maximum Gasteiger partial charge on any atom is 0.335 e. The fourth-order valence-electron chi connectivity index (χ4n) is 2.36. The summed E-state index contributed by atoms with van der Waals surface area (Å²) in [5.74, 6) is -0.540. The summed E-state index contributed by atoms with van der Waals surface area (Å²) < 4.78 is 5.60. The van der Waals surface area contributed by atoms with Crippen LogP contribution in [0.2, 0.25) is 0 Å². The number of nitrogens with one attached hydrogen (secondary N) is 1. The summed E-state index contributed by atoms with van der Waals surface area (Å²) in [4.78, 5) is 22.9. The van der Waals surface area contributed by atoms with E-state index in [2.05, 4.69) is 11.4 Å². The van der Waals surface area contributed by atoms with Crippen LogP contribution in [0.25, 0.3) is 0 Å². The highest BCUT2D eigenvalue weighted by Gasteiger charge is 2.08. The fourth-order valence-corrected chi connectivity index (χ4v) is 2.36. The molecule has 2 aromatic carbocycles. The number of hydrogen-bond donors (Lipinski definition) is 2. The first-order valence-corrected chi connectivity index (χ1v) is 7.66. The van der Waals surface area contributed by atoms with E-state index in [9.17, 15) is 9.59 Å². The van der Waals surface area contributed by atoms with Gasteiger partial charge in [0.1, 0.15) is 5.75 Å². The van der Waals surface area contributed by atoms with E-state index in [1.165, 1.54) is 12.1 Å². The van der Waals surface area contributed by atoms with Gasteiger partial charge < -0.3 is 15.2 Å². The Morgan fingerprint density at radius 3 is 2.58 bits per heavy atom. The molecule has 5 nitrogen and oxygen atoms in total. The molecule has 24 heavy (non-hydrogen) atoms. The van der Waals surface area contributed by atoms with Crippen LogP contribution < -0.4 is 10.1 Å². The van der Waals surface area contributed by atoms with Gasteiger partial charge in [-0.2, -0.15) is 0 Å². The summed E-state index contributed by atoms with van der Waals surface area (Å²) in [7, 11) is 0. The largest absolute Gasteiger partial charge is 0.483 e. The number of amides is 1. The molecule has 0 heterocycles. The molecule has 0 atom stereocenters. The quantitative estimate of drug-likeness (QED) is 0.855. The van der Waals surface area contributed by atoms with Gasteiger partial charge in [-0.3, -0.25) is 4.79 Å². The second kappa shape index (κ2) is 7.64. The number of rotatable bonds is 6. The van der Waals surface area contributed by atoms with Gasteiger partial charge >= 0.3 is 5.97 Å². The molecule has 126 valence electrons. The number of carbonyl (C=O) groups is 2. The first-order valence-electron chi connectivity index (χ1n) is 7.66. The number of carboxylic acids is 1. The zero-order valence-electron chi connectivity index (χ0n) is 14.1. The van der Waals surface area contributed by atoms with Crippen LogP contribution in [0.1, 0.15) is 32.6 Å². The van der Waals surface area contributed by atoms with Crippen LogP contribution in [0, 0.1) is 20.8 Å². The minimum Gasteiger partial charge on any atom is -0.483 e. The van der Waals surface area contributed by atoms with E-state index in [1.807, 2.05) is 26.8 Å². The van der Waals surface area contributed by atoms with Crippen LogP contribution in [-0.2, 0) is 11.3 Å². The average Bonchev–Trinajstić information content (AvgIpc) is 2.55. The molecule has 2 aromatic rings. The molecule has 0 aliphatic rings. The summed E-state index contributed by atoms with van der Waals surface area (Å²) in [6.45, 7) is 6.12. The molecule has 0 saturated heterocycles. The van der Waals surface area contributed by atoms with E-state index < -0.39 is 5.97 Å². The molecule has 0 spiro atoms. The lowest BCUT2D eigenvalue weighted by Crippen LogP contribution is -2.28. The van der Waals surface area contributed by atoms with Crippen LogP contribution in [0.5, 0.6) is 5.75 Å². The Balaban J connectivity index is 1.90. The summed E-state index contributed by atoms with van der Waals surface area (Å²) in [6.07, 6.45) is 0. The maximum atomic E-state index is 11.9. The molecule has 1 amide bonds. The van der Waals surface area contributed by atoms with Gasteiger partial charge in [-0.05, 0) is 61.2 Å². The van der Waals surface area contributed by atoms with Gasteiger partial charge in [0.15, 0.2) is 6.61 Å². The topological polar surface area (TPSA) is 75.6 Å². The maximum absolute atomic E-state index is 11.9. The monoisotopic (exact) mass is 327 g/mol. The third-order valence-corrected chi connectivity index (χ3v) is 3.79. The van der Waals surface area contributed by atoms with Crippen molar-refractivity contribution >= 4 is 11.9 Å². The van der Waals surface area contributed by atoms with Crippen molar-refractivity contribution in [3.8, 4) is 5.75 Å². The van der Waals surface area contributed by atoms with Crippen LogP contribution in [0.3, 0.4) is 0 Å². The van der Waals surface area contributed by atoms with E-state index in [1.54, 1.807) is 12.1 Å². The number of hydrogen-bond acceptors (Lipinski definition) is 3. The lowest BCUT2D eigenvalue weighted by atomic mass is 10.1. The molecule has 0 fully saturated rings.